The predicted molar refractivity (Wildman–Crippen MR) is 71.5 cm³/mol. The van der Waals surface area contributed by atoms with Gasteiger partial charge >= 0.3 is 0 Å². The highest BCUT2D eigenvalue weighted by molar-refractivity contribution is 7.92. The second kappa shape index (κ2) is 4.78. The Balaban J connectivity index is 2.59. The quantitative estimate of drug-likeness (QED) is 0.862. The molecular formula is C13H13ClO3S. The van der Waals surface area contributed by atoms with Gasteiger partial charge in [0.1, 0.15) is 5.76 Å². The molecule has 3 nitrogen and oxygen atoms in total. The summed E-state index contributed by atoms with van der Waals surface area (Å²) < 4.78 is 29.4. The molecule has 2 aromatic rings. The second-order valence-corrected chi connectivity index (χ2v) is 7.12. The summed E-state index contributed by atoms with van der Waals surface area (Å²) in [5.41, 5.74) is 0.586. The summed E-state index contributed by atoms with van der Waals surface area (Å²) in [4.78, 5) is 0.258. The molecule has 0 aliphatic heterocycles. The van der Waals surface area contributed by atoms with Gasteiger partial charge in [-0.05, 0) is 44.2 Å². The molecule has 1 aromatic heterocycles. The molecule has 1 heterocycles. The van der Waals surface area contributed by atoms with Gasteiger partial charge in [0.05, 0.1) is 21.4 Å². The fraction of sp³-hybridized carbons (Fsp3) is 0.231. The Morgan fingerprint density at radius 1 is 1.22 bits per heavy atom. The Kier molecular flexibility index (Phi) is 3.50. The monoisotopic (exact) mass is 284 g/mol. The number of furan rings is 1. The van der Waals surface area contributed by atoms with E-state index in [0.29, 0.717) is 16.3 Å². The van der Waals surface area contributed by atoms with Gasteiger partial charge in [-0.25, -0.2) is 8.42 Å². The van der Waals surface area contributed by atoms with Crippen molar-refractivity contribution in [3.8, 4) is 11.3 Å². The molecule has 0 atom stereocenters. The van der Waals surface area contributed by atoms with Crippen molar-refractivity contribution >= 4 is 21.4 Å². The average molecular weight is 285 g/mol. The lowest BCUT2D eigenvalue weighted by atomic mass is 10.2. The summed E-state index contributed by atoms with van der Waals surface area (Å²) >= 11 is 6.06. The van der Waals surface area contributed by atoms with E-state index in [2.05, 4.69) is 0 Å². The molecule has 96 valence electrons. The van der Waals surface area contributed by atoms with Crippen LogP contribution < -0.4 is 0 Å². The molecule has 0 saturated heterocycles. The summed E-state index contributed by atoms with van der Waals surface area (Å²) in [5.74, 6) is 0.556. The number of benzene rings is 1. The van der Waals surface area contributed by atoms with E-state index in [1.807, 2.05) is 0 Å². The van der Waals surface area contributed by atoms with Crippen molar-refractivity contribution in [2.45, 2.75) is 24.0 Å². The first kappa shape index (κ1) is 13.2. The van der Waals surface area contributed by atoms with Gasteiger partial charge in [-0.15, -0.1) is 0 Å². The summed E-state index contributed by atoms with van der Waals surface area (Å²) in [6, 6.07) is 8.12. The SMILES string of the molecule is CC(C)S(=O)(=O)c1ccc(Cl)c(-c2ccco2)c1. The standard InChI is InChI=1S/C13H13ClO3S/c1-9(2)18(15,16)10-5-6-12(14)11(8-10)13-4-3-7-17-13/h3-9H,1-2H3. The Hall–Kier alpha value is -1.26. The minimum atomic E-state index is -3.31. The lowest BCUT2D eigenvalue weighted by Gasteiger charge is -2.09. The van der Waals surface area contributed by atoms with E-state index in [4.69, 9.17) is 16.0 Å². The molecule has 2 rings (SSSR count). The van der Waals surface area contributed by atoms with Gasteiger partial charge in [-0.3, -0.25) is 0 Å². The number of sulfone groups is 1. The van der Waals surface area contributed by atoms with E-state index in [9.17, 15) is 8.42 Å². The van der Waals surface area contributed by atoms with E-state index < -0.39 is 15.1 Å². The van der Waals surface area contributed by atoms with Crippen LogP contribution in [0.3, 0.4) is 0 Å². The molecule has 0 bridgehead atoms. The van der Waals surface area contributed by atoms with Crippen LogP contribution in [0, 0.1) is 0 Å². The normalized spacial score (nSPS) is 12.0. The van der Waals surface area contributed by atoms with Crippen molar-refractivity contribution in [2.75, 3.05) is 0 Å². The Morgan fingerprint density at radius 3 is 2.50 bits per heavy atom. The van der Waals surface area contributed by atoms with Crippen LogP contribution in [0.5, 0.6) is 0 Å². The number of hydrogen-bond donors (Lipinski definition) is 0. The van der Waals surface area contributed by atoms with Crippen LogP contribution in [0.1, 0.15) is 13.8 Å². The maximum absolute atomic E-state index is 12.1. The zero-order valence-corrected chi connectivity index (χ0v) is 11.6. The lowest BCUT2D eigenvalue weighted by Crippen LogP contribution is -2.13. The van der Waals surface area contributed by atoms with Gasteiger partial charge in [0.25, 0.3) is 0 Å². The van der Waals surface area contributed by atoms with Crippen LogP contribution in [-0.2, 0) is 9.84 Å². The molecule has 0 saturated carbocycles. The first-order valence-corrected chi connectivity index (χ1v) is 7.42. The summed E-state index contributed by atoms with van der Waals surface area (Å²) in [5, 5.41) is -0.00390. The van der Waals surface area contributed by atoms with Crippen LogP contribution in [0.15, 0.2) is 45.9 Å². The molecule has 0 N–H and O–H groups in total. The fourth-order valence-electron chi connectivity index (χ4n) is 1.57. The molecule has 18 heavy (non-hydrogen) atoms. The topological polar surface area (TPSA) is 47.3 Å². The van der Waals surface area contributed by atoms with Gasteiger partial charge < -0.3 is 4.42 Å². The molecule has 0 spiro atoms. The van der Waals surface area contributed by atoms with Crippen LogP contribution in [0.2, 0.25) is 5.02 Å². The third-order valence-electron chi connectivity index (χ3n) is 2.67. The molecule has 0 amide bonds. The van der Waals surface area contributed by atoms with Crippen molar-refractivity contribution in [2.24, 2.45) is 0 Å². The number of hydrogen-bond acceptors (Lipinski definition) is 3. The molecule has 0 unspecified atom stereocenters. The Morgan fingerprint density at radius 2 is 1.94 bits per heavy atom. The molecule has 0 fully saturated rings. The van der Waals surface area contributed by atoms with Crippen LogP contribution in [-0.4, -0.2) is 13.7 Å². The molecule has 0 aliphatic rings. The summed E-state index contributed by atoms with van der Waals surface area (Å²) in [6.45, 7) is 3.30. The predicted octanol–water partition coefficient (Wildman–Crippen LogP) is 3.78. The second-order valence-electron chi connectivity index (χ2n) is 4.21. The van der Waals surface area contributed by atoms with Crippen molar-refractivity contribution in [1.29, 1.82) is 0 Å². The minimum Gasteiger partial charge on any atom is -0.464 e. The molecule has 0 radical (unpaired) electrons. The van der Waals surface area contributed by atoms with E-state index in [0.717, 1.165) is 0 Å². The van der Waals surface area contributed by atoms with E-state index in [-0.39, 0.29) is 4.90 Å². The maximum atomic E-state index is 12.1. The highest BCUT2D eigenvalue weighted by Gasteiger charge is 2.20. The third-order valence-corrected chi connectivity index (χ3v) is 5.16. The van der Waals surface area contributed by atoms with E-state index in [1.54, 1.807) is 38.1 Å². The highest BCUT2D eigenvalue weighted by atomic mass is 35.5. The zero-order valence-electron chi connectivity index (χ0n) is 10.1. The maximum Gasteiger partial charge on any atom is 0.180 e. The van der Waals surface area contributed by atoms with Crippen molar-refractivity contribution in [3.63, 3.8) is 0 Å². The number of halogens is 1. The summed E-state index contributed by atoms with van der Waals surface area (Å²) in [6.07, 6.45) is 1.52. The first-order chi connectivity index (χ1) is 8.43. The van der Waals surface area contributed by atoms with Crippen molar-refractivity contribution < 1.29 is 12.8 Å². The van der Waals surface area contributed by atoms with Gasteiger partial charge in [-0.1, -0.05) is 11.6 Å². The van der Waals surface area contributed by atoms with Gasteiger partial charge in [0.2, 0.25) is 0 Å². The zero-order chi connectivity index (χ0) is 13.3. The van der Waals surface area contributed by atoms with Gasteiger partial charge in [0.15, 0.2) is 9.84 Å². The molecular weight excluding hydrogens is 272 g/mol. The molecule has 0 aliphatic carbocycles. The summed E-state index contributed by atoms with van der Waals surface area (Å²) in [7, 11) is -3.31. The third kappa shape index (κ3) is 2.31. The molecule has 5 heteroatoms. The fourth-order valence-corrected chi connectivity index (χ4v) is 2.87. The van der Waals surface area contributed by atoms with Crippen molar-refractivity contribution in [1.82, 2.24) is 0 Å². The largest absolute Gasteiger partial charge is 0.464 e. The van der Waals surface area contributed by atoms with Gasteiger partial charge in [0, 0.05) is 5.56 Å². The van der Waals surface area contributed by atoms with Crippen LogP contribution >= 0.6 is 11.6 Å². The Labute approximate surface area is 111 Å². The van der Waals surface area contributed by atoms with E-state index >= 15 is 0 Å². The number of rotatable bonds is 3. The van der Waals surface area contributed by atoms with Gasteiger partial charge in [-0.2, -0.15) is 0 Å². The lowest BCUT2D eigenvalue weighted by molar-refractivity contribution is 0.581. The van der Waals surface area contributed by atoms with Crippen LogP contribution in [0.4, 0.5) is 0 Å². The highest BCUT2D eigenvalue weighted by Crippen LogP contribution is 2.31. The molecule has 1 aromatic carbocycles. The minimum absolute atomic E-state index is 0.258. The Bertz CT molecular complexity index is 643. The smallest absolute Gasteiger partial charge is 0.180 e. The first-order valence-electron chi connectivity index (χ1n) is 5.50. The van der Waals surface area contributed by atoms with E-state index in [1.165, 1.54) is 12.3 Å². The van der Waals surface area contributed by atoms with Crippen molar-refractivity contribution in [3.05, 3.63) is 41.6 Å². The average Bonchev–Trinajstić information content (AvgIpc) is 2.82. The van der Waals surface area contributed by atoms with Crippen LogP contribution in [0.25, 0.3) is 11.3 Å².